The first kappa shape index (κ1) is 16.0. The van der Waals surface area contributed by atoms with Crippen LogP contribution in [0.3, 0.4) is 0 Å². The maximum absolute atomic E-state index is 5.58. The largest absolute Gasteiger partial charge is 0.344 e. The monoisotopic (exact) mass is 341 g/mol. The van der Waals surface area contributed by atoms with Gasteiger partial charge < -0.3 is 5.32 Å². The first-order valence-corrected chi connectivity index (χ1v) is 8.64. The molecular formula is C18H19N3S2. The molecule has 0 saturated carbocycles. The Hall–Kier alpha value is -1.85. The fourth-order valence-corrected chi connectivity index (χ4v) is 3.20. The van der Waals surface area contributed by atoms with Crippen LogP contribution in [0.2, 0.25) is 0 Å². The molecule has 23 heavy (non-hydrogen) atoms. The van der Waals surface area contributed by atoms with Gasteiger partial charge in [-0.15, -0.1) is 0 Å². The number of fused-ring (bicyclic) bond motifs is 1. The highest BCUT2D eigenvalue weighted by Crippen LogP contribution is 2.27. The number of nitrogens with one attached hydrogen (secondary N) is 1. The van der Waals surface area contributed by atoms with E-state index in [9.17, 15) is 0 Å². The van der Waals surface area contributed by atoms with Crippen molar-refractivity contribution in [2.45, 2.75) is 33.1 Å². The summed E-state index contributed by atoms with van der Waals surface area (Å²) in [6.07, 6.45) is 0. The highest BCUT2D eigenvalue weighted by molar-refractivity contribution is 7.81. The molecule has 0 saturated heterocycles. The zero-order valence-electron chi connectivity index (χ0n) is 13.7. The van der Waals surface area contributed by atoms with E-state index in [1.54, 1.807) is 0 Å². The van der Waals surface area contributed by atoms with Crippen LogP contribution in [0, 0.1) is 6.92 Å². The molecular weight excluding hydrogens is 322 g/mol. The normalized spacial score (nSPS) is 11.7. The Labute approximate surface area is 146 Å². The summed E-state index contributed by atoms with van der Waals surface area (Å²) < 4.78 is 8.67. The summed E-state index contributed by atoms with van der Waals surface area (Å²) in [5.74, 6) is 0. The molecule has 0 spiro atoms. The zero-order valence-corrected chi connectivity index (χ0v) is 15.3. The minimum atomic E-state index is 0.141. The topological polar surface area (TPSA) is 37.8 Å². The Balaban J connectivity index is 1.89. The van der Waals surface area contributed by atoms with Crippen molar-refractivity contribution in [2.75, 3.05) is 5.32 Å². The predicted molar refractivity (Wildman–Crippen MR) is 103 cm³/mol. The molecule has 5 heteroatoms. The van der Waals surface area contributed by atoms with Gasteiger partial charge in [-0.3, -0.25) is 0 Å². The highest BCUT2D eigenvalue weighted by atomic mass is 32.1. The molecule has 0 atom stereocenters. The number of benzene rings is 2. The van der Waals surface area contributed by atoms with E-state index < -0.39 is 0 Å². The van der Waals surface area contributed by atoms with Gasteiger partial charge in [-0.1, -0.05) is 63.3 Å². The van der Waals surface area contributed by atoms with Crippen LogP contribution in [-0.2, 0) is 5.41 Å². The summed E-state index contributed by atoms with van der Waals surface area (Å²) >= 11 is 6.80. The van der Waals surface area contributed by atoms with E-state index in [4.69, 9.17) is 12.2 Å². The zero-order chi connectivity index (χ0) is 16.6. The third kappa shape index (κ3) is 3.26. The third-order valence-electron chi connectivity index (χ3n) is 3.89. The van der Waals surface area contributed by atoms with Crippen LogP contribution >= 0.6 is 23.9 Å². The summed E-state index contributed by atoms with van der Waals surface area (Å²) in [5, 5.41) is 3.35. The van der Waals surface area contributed by atoms with Crippen molar-refractivity contribution in [3.63, 3.8) is 0 Å². The molecule has 1 aromatic heterocycles. The lowest BCUT2D eigenvalue weighted by Crippen LogP contribution is -2.14. The molecule has 0 aliphatic rings. The number of hydrogen-bond donors (Lipinski definition) is 1. The first-order chi connectivity index (χ1) is 10.9. The molecule has 3 nitrogen and oxygen atoms in total. The van der Waals surface area contributed by atoms with E-state index in [2.05, 4.69) is 59.1 Å². The standard InChI is InChI=1S/C18H19N3S2/c1-11-5-10-14-16(21-23-20-14)15(11)19-17(22)12-6-8-13(9-7-12)18(2,3)4/h5-10H,1-4H3,(H,19,22). The van der Waals surface area contributed by atoms with Crippen LogP contribution in [0.25, 0.3) is 11.0 Å². The molecule has 0 bridgehead atoms. The molecule has 1 heterocycles. The maximum Gasteiger partial charge on any atom is 0.128 e. The average molecular weight is 342 g/mol. The number of hydrogen-bond acceptors (Lipinski definition) is 4. The van der Waals surface area contributed by atoms with Gasteiger partial charge in [-0.05, 0) is 29.5 Å². The second-order valence-corrected chi connectivity index (χ2v) is 7.61. The van der Waals surface area contributed by atoms with E-state index in [0.29, 0.717) is 4.99 Å². The van der Waals surface area contributed by atoms with Gasteiger partial charge in [0.25, 0.3) is 0 Å². The molecule has 0 unspecified atom stereocenters. The fourth-order valence-electron chi connectivity index (χ4n) is 2.42. The van der Waals surface area contributed by atoms with Crippen LogP contribution in [0.4, 0.5) is 5.69 Å². The van der Waals surface area contributed by atoms with E-state index in [1.165, 1.54) is 17.3 Å². The summed E-state index contributed by atoms with van der Waals surface area (Å²) in [4.78, 5) is 0.703. The maximum atomic E-state index is 5.58. The minimum Gasteiger partial charge on any atom is -0.344 e. The molecule has 0 radical (unpaired) electrons. The van der Waals surface area contributed by atoms with Crippen molar-refractivity contribution in [3.05, 3.63) is 53.1 Å². The molecule has 0 aliphatic heterocycles. The number of aryl methyl sites for hydroxylation is 1. The van der Waals surface area contributed by atoms with Crippen molar-refractivity contribution in [1.29, 1.82) is 0 Å². The van der Waals surface area contributed by atoms with Gasteiger partial charge in [0.1, 0.15) is 16.0 Å². The number of anilines is 1. The molecule has 0 fully saturated rings. The van der Waals surface area contributed by atoms with Gasteiger partial charge in [0.05, 0.1) is 17.4 Å². The lowest BCUT2D eigenvalue weighted by Gasteiger charge is -2.19. The lowest BCUT2D eigenvalue weighted by molar-refractivity contribution is 0.590. The van der Waals surface area contributed by atoms with Gasteiger partial charge in [0.15, 0.2) is 0 Å². The Bertz CT molecular complexity index is 858. The van der Waals surface area contributed by atoms with Crippen molar-refractivity contribution >= 4 is 45.7 Å². The van der Waals surface area contributed by atoms with Gasteiger partial charge in [0, 0.05) is 5.56 Å². The van der Waals surface area contributed by atoms with E-state index in [0.717, 1.165) is 27.8 Å². The molecule has 0 aliphatic carbocycles. The van der Waals surface area contributed by atoms with E-state index >= 15 is 0 Å². The van der Waals surface area contributed by atoms with Gasteiger partial charge in [0.2, 0.25) is 0 Å². The van der Waals surface area contributed by atoms with Crippen molar-refractivity contribution in [2.24, 2.45) is 0 Å². The smallest absolute Gasteiger partial charge is 0.128 e. The van der Waals surface area contributed by atoms with Gasteiger partial charge in [-0.25, -0.2) is 0 Å². The van der Waals surface area contributed by atoms with E-state index in [-0.39, 0.29) is 5.41 Å². The van der Waals surface area contributed by atoms with Crippen molar-refractivity contribution in [3.8, 4) is 0 Å². The minimum absolute atomic E-state index is 0.141. The van der Waals surface area contributed by atoms with Gasteiger partial charge in [-0.2, -0.15) is 8.75 Å². The average Bonchev–Trinajstić information content (AvgIpc) is 2.98. The second kappa shape index (κ2) is 5.98. The summed E-state index contributed by atoms with van der Waals surface area (Å²) in [5.41, 5.74) is 6.28. The number of aromatic nitrogens is 2. The molecule has 1 N–H and O–H groups in total. The SMILES string of the molecule is Cc1ccc2nsnc2c1NC(=S)c1ccc(C(C)(C)C)cc1. The molecule has 0 amide bonds. The van der Waals surface area contributed by atoms with E-state index in [1.807, 2.05) is 19.1 Å². The Morgan fingerprint density at radius 1 is 1.04 bits per heavy atom. The summed E-state index contributed by atoms with van der Waals surface area (Å²) in [6.45, 7) is 8.67. The second-order valence-electron chi connectivity index (χ2n) is 6.67. The Morgan fingerprint density at radius 3 is 2.39 bits per heavy atom. The quantitative estimate of drug-likeness (QED) is 0.659. The molecule has 2 aromatic carbocycles. The fraction of sp³-hybridized carbons (Fsp3) is 0.278. The molecule has 3 rings (SSSR count). The Kier molecular flexibility index (Phi) is 4.17. The van der Waals surface area contributed by atoms with Crippen molar-refractivity contribution < 1.29 is 0 Å². The number of thiocarbonyl (C=S) groups is 1. The van der Waals surface area contributed by atoms with Crippen molar-refractivity contribution in [1.82, 2.24) is 8.75 Å². The van der Waals surface area contributed by atoms with Crippen LogP contribution in [0.15, 0.2) is 36.4 Å². The summed E-state index contributed by atoms with van der Waals surface area (Å²) in [6, 6.07) is 12.5. The first-order valence-electron chi connectivity index (χ1n) is 7.50. The molecule has 3 aromatic rings. The number of rotatable bonds is 2. The summed E-state index contributed by atoms with van der Waals surface area (Å²) in [7, 11) is 0. The van der Waals surface area contributed by atoms with Crippen LogP contribution in [0.1, 0.15) is 37.5 Å². The third-order valence-corrected chi connectivity index (χ3v) is 4.77. The van der Waals surface area contributed by atoms with Crippen LogP contribution < -0.4 is 5.32 Å². The Morgan fingerprint density at radius 2 is 1.74 bits per heavy atom. The van der Waals surface area contributed by atoms with Crippen LogP contribution in [0.5, 0.6) is 0 Å². The number of nitrogens with zero attached hydrogens (tertiary/aromatic N) is 2. The highest BCUT2D eigenvalue weighted by Gasteiger charge is 2.14. The lowest BCUT2D eigenvalue weighted by atomic mass is 9.87. The predicted octanol–water partition coefficient (Wildman–Crippen LogP) is 5.08. The van der Waals surface area contributed by atoms with Crippen LogP contribution in [-0.4, -0.2) is 13.7 Å². The van der Waals surface area contributed by atoms with Gasteiger partial charge >= 0.3 is 0 Å². The molecule has 118 valence electrons.